The van der Waals surface area contributed by atoms with Crippen LogP contribution in [-0.2, 0) is 21.4 Å². The fourth-order valence-corrected chi connectivity index (χ4v) is 4.31. The molecule has 2 aromatic carbocycles. The first-order valence-corrected chi connectivity index (χ1v) is 10.9. The minimum Gasteiger partial charge on any atom is -0.497 e. The van der Waals surface area contributed by atoms with E-state index in [1.807, 2.05) is 37.3 Å². The first-order chi connectivity index (χ1) is 13.9. The number of rotatable bonds is 11. The van der Waals surface area contributed by atoms with Crippen LogP contribution < -0.4 is 14.8 Å². The Morgan fingerprint density at radius 1 is 1.07 bits per heavy atom. The van der Waals surface area contributed by atoms with Gasteiger partial charge >= 0.3 is 0 Å². The van der Waals surface area contributed by atoms with E-state index in [-0.39, 0.29) is 29.6 Å². The topological polar surface area (TPSA) is 84.9 Å². The molecule has 0 saturated heterocycles. The number of methoxy groups -OCH3 is 2. The fourth-order valence-electron chi connectivity index (χ4n) is 2.76. The molecule has 0 heterocycles. The van der Waals surface area contributed by atoms with Crippen molar-refractivity contribution >= 4 is 15.9 Å². The average molecular weight is 421 g/mol. The van der Waals surface area contributed by atoms with Crippen LogP contribution in [0.15, 0.2) is 53.4 Å². The predicted molar refractivity (Wildman–Crippen MR) is 112 cm³/mol. The van der Waals surface area contributed by atoms with Crippen LogP contribution in [0.1, 0.15) is 25.3 Å². The molecule has 0 atom stereocenters. The van der Waals surface area contributed by atoms with Crippen molar-refractivity contribution < 1.29 is 22.7 Å². The molecule has 0 aliphatic heterocycles. The van der Waals surface area contributed by atoms with E-state index in [2.05, 4.69) is 5.32 Å². The highest BCUT2D eigenvalue weighted by Crippen LogP contribution is 2.31. The number of unbranched alkanes of at least 4 members (excludes halogenated alkanes) is 1. The molecule has 8 heteroatoms. The van der Waals surface area contributed by atoms with Gasteiger partial charge in [-0.15, -0.1) is 0 Å². The van der Waals surface area contributed by atoms with Crippen molar-refractivity contribution in [1.82, 2.24) is 9.62 Å². The van der Waals surface area contributed by atoms with Gasteiger partial charge in [0.25, 0.3) is 0 Å². The number of carbonyl (C=O) groups is 1. The highest BCUT2D eigenvalue weighted by Gasteiger charge is 2.30. The summed E-state index contributed by atoms with van der Waals surface area (Å²) in [6.07, 6.45) is 1.77. The van der Waals surface area contributed by atoms with Crippen molar-refractivity contribution in [3.05, 3.63) is 54.1 Å². The summed E-state index contributed by atoms with van der Waals surface area (Å²) >= 11 is 0. The number of nitrogens with zero attached hydrogens (tertiary/aromatic N) is 1. The third-order valence-corrected chi connectivity index (χ3v) is 6.18. The maximum Gasteiger partial charge on any atom is 0.247 e. The van der Waals surface area contributed by atoms with Gasteiger partial charge in [-0.3, -0.25) is 4.79 Å². The second kappa shape index (κ2) is 10.8. The van der Waals surface area contributed by atoms with Crippen LogP contribution >= 0.6 is 0 Å². The molecular weight excluding hydrogens is 392 g/mol. The number of hydrogen-bond acceptors (Lipinski definition) is 5. The third-order valence-electron chi connectivity index (χ3n) is 4.36. The van der Waals surface area contributed by atoms with Crippen LogP contribution in [0.3, 0.4) is 0 Å². The summed E-state index contributed by atoms with van der Waals surface area (Å²) in [5.74, 6) is 0.228. The number of nitrogens with one attached hydrogen (secondary N) is 1. The van der Waals surface area contributed by atoms with Gasteiger partial charge in [0.05, 0.1) is 20.8 Å². The van der Waals surface area contributed by atoms with Crippen LogP contribution in [0.25, 0.3) is 0 Å². The van der Waals surface area contributed by atoms with Crippen molar-refractivity contribution in [1.29, 1.82) is 0 Å². The molecule has 7 nitrogen and oxygen atoms in total. The molecule has 0 aromatic heterocycles. The van der Waals surface area contributed by atoms with Gasteiger partial charge in [-0.25, -0.2) is 8.42 Å². The number of hydrogen-bond donors (Lipinski definition) is 1. The van der Waals surface area contributed by atoms with Crippen LogP contribution in [-0.4, -0.2) is 45.9 Å². The summed E-state index contributed by atoms with van der Waals surface area (Å²) < 4.78 is 38.5. The summed E-state index contributed by atoms with van der Waals surface area (Å²) in [7, 11) is -1.17. The minimum atomic E-state index is -4.03. The summed E-state index contributed by atoms with van der Waals surface area (Å²) in [5.41, 5.74) is 0.777. The van der Waals surface area contributed by atoms with Crippen molar-refractivity contribution in [2.24, 2.45) is 0 Å². The first kappa shape index (κ1) is 22.7. The lowest BCUT2D eigenvalue weighted by Gasteiger charge is -2.23. The van der Waals surface area contributed by atoms with Crippen LogP contribution in [0.5, 0.6) is 11.5 Å². The molecule has 158 valence electrons. The quantitative estimate of drug-likeness (QED) is 0.565. The molecule has 29 heavy (non-hydrogen) atoms. The Morgan fingerprint density at radius 2 is 1.79 bits per heavy atom. The van der Waals surface area contributed by atoms with Gasteiger partial charge in [0.1, 0.15) is 16.4 Å². The number of benzene rings is 2. The number of sulfonamides is 1. The lowest BCUT2D eigenvalue weighted by molar-refractivity contribution is -0.121. The Labute approximate surface area is 172 Å². The molecule has 0 spiro atoms. The molecular formula is C21H28N2O5S. The van der Waals surface area contributed by atoms with Crippen LogP contribution in [0.2, 0.25) is 0 Å². The summed E-state index contributed by atoms with van der Waals surface area (Å²) in [4.78, 5) is 12.4. The van der Waals surface area contributed by atoms with Gasteiger partial charge in [0.2, 0.25) is 15.9 Å². The van der Waals surface area contributed by atoms with Crippen molar-refractivity contribution in [3.8, 4) is 11.5 Å². The number of carbonyl (C=O) groups excluding carboxylic acids is 1. The van der Waals surface area contributed by atoms with Gasteiger partial charge in [-0.2, -0.15) is 4.31 Å². The van der Waals surface area contributed by atoms with E-state index in [0.29, 0.717) is 12.3 Å². The van der Waals surface area contributed by atoms with Crippen LogP contribution in [0.4, 0.5) is 0 Å². The van der Waals surface area contributed by atoms with E-state index >= 15 is 0 Å². The summed E-state index contributed by atoms with van der Waals surface area (Å²) in [6.45, 7) is 2.30. The number of amides is 1. The van der Waals surface area contributed by atoms with E-state index in [9.17, 15) is 13.2 Å². The number of ether oxygens (including phenoxy) is 2. The Bertz CT molecular complexity index is 901. The monoisotopic (exact) mass is 420 g/mol. The van der Waals surface area contributed by atoms with Gasteiger partial charge in [-0.05, 0) is 24.1 Å². The van der Waals surface area contributed by atoms with Crippen molar-refractivity contribution in [2.45, 2.75) is 31.2 Å². The van der Waals surface area contributed by atoms with E-state index in [1.165, 1.54) is 26.4 Å². The normalized spacial score (nSPS) is 11.3. The van der Waals surface area contributed by atoms with Gasteiger partial charge in [0, 0.05) is 19.2 Å². The van der Waals surface area contributed by atoms with Crippen molar-refractivity contribution in [2.75, 3.05) is 27.3 Å². The SMILES string of the molecule is CCCCNC(=O)CN(Cc1ccccc1)S(=O)(=O)c1cc(OC)ccc1OC. The smallest absolute Gasteiger partial charge is 0.247 e. The van der Waals surface area contributed by atoms with E-state index < -0.39 is 10.0 Å². The molecule has 0 aliphatic rings. The zero-order chi connectivity index (χ0) is 21.3. The van der Waals surface area contributed by atoms with E-state index in [1.54, 1.807) is 6.07 Å². The molecule has 2 aromatic rings. The standard InChI is InChI=1S/C21H28N2O5S/c1-4-5-13-22-21(24)16-23(15-17-9-7-6-8-10-17)29(25,26)20-14-18(27-2)11-12-19(20)28-3/h6-12,14H,4-5,13,15-16H2,1-3H3,(H,22,24). The van der Waals surface area contributed by atoms with Gasteiger partial charge in [0.15, 0.2) is 0 Å². The molecule has 2 rings (SSSR count). The molecule has 1 N–H and O–H groups in total. The molecule has 0 fully saturated rings. The Kier molecular flexibility index (Phi) is 8.48. The first-order valence-electron chi connectivity index (χ1n) is 9.45. The minimum absolute atomic E-state index is 0.0448. The average Bonchev–Trinajstić information content (AvgIpc) is 2.73. The lowest BCUT2D eigenvalue weighted by Crippen LogP contribution is -2.40. The maximum absolute atomic E-state index is 13.5. The highest BCUT2D eigenvalue weighted by molar-refractivity contribution is 7.89. The molecule has 0 radical (unpaired) electrons. The zero-order valence-electron chi connectivity index (χ0n) is 17.1. The maximum atomic E-state index is 13.5. The fraction of sp³-hybridized carbons (Fsp3) is 0.381. The van der Waals surface area contributed by atoms with E-state index in [0.717, 1.165) is 22.7 Å². The second-order valence-corrected chi connectivity index (χ2v) is 8.39. The molecule has 0 aliphatic carbocycles. The molecule has 1 amide bonds. The van der Waals surface area contributed by atoms with Gasteiger partial charge < -0.3 is 14.8 Å². The largest absolute Gasteiger partial charge is 0.497 e. The predicted octanol–water partition coefficient (Wildman–Crippen LogP) is 2.81. The Balaban J connectivity index is 2.39. The Morgan fingerprint density at radius 3 is 2.41 bits per heavy atom. The lowest BCUT2D eigenvalue weighted by atomic mass is 10.2. The molecule has 0 saturated carbocycles. The summed E-state index contributed by atoms with van der Waals surface area (Å²) in [6, 6.07) is 13.7. The zero-order valence-corrected chi connectivity index (χ0v) is 17.9. The van der Waals surface area contributed by atoms with Crippen molar-refractivity contribution in [3.63, 3.8) is 0 Å². The highest BCUT2D eigenvalue weighted by atomic mass is 32.2. The summed E-state index contributed by atoms with van der Waals surface area (Å²) in [5, 5.41) is 2.77. The molecule has 0 bridgehead atoms. The second-order valence-electron chi connectivity index (χ2n) is 6.48. The van der Waals surface area contributed by atoms with Gasteiger partial charge in [-0.1, -0.05) is 43.7 Å². The third kappa shape index (κ3) is 6.20. The van der Waals surface area contributed by atoms with E-state index in [4.69, 9.17) is 9.47 Å². The molecule has 0 unspecified atom stereocenters. The Hall–Kier alpha value is -2.58. The van der Waals surface area contributed by atoms with Crippen LogP contribution in [0, 0.1) is 0 Å².